The molecule has 0 aliphatic heterocycles. The molecule has 7 heteroatoms. The molecule has 0 saturated heterocycles. The number of hydrogen-bond acceptors (Lipinski definition) is 6. The minimum absolute atomic E-state index is 0.202. The Hall–Kier alpha value is -3.22. The summed E-state index contributed by atoms with van der Waals surface area (Å²) in [6, 6.07) is 6.53. The quantitative estimate of drug-likeness (QED) is 0.522. The van der Waals surface area contributed by atoms with Gasteiger partial charge in [-0.15, -0.1) is 0 Å². The number of benzene rings is 1. The second-order valence-corrected chi connectivity index (χ2v) is 5.80. The van der Waals surface area contributed by atoms with Crippen molar-refractivity contribution in [2.45, 2.75) is 13.5 Å². The minimum Gasteiger partial charge on any atom is -0.493 e. The van der Waals surface area contributed by atoms with E-state index in [4.69, 9.17) is 18.6 Å². The van der Waals surface area contributed by atoms with Gasteiger partial charge in [0.15, 0.2) is 11.5 Å². The van der Waals surface area contributed by atoms with Gasteiger partial charge < -0.3 is 23.5 Å². The fourth-order valence-corrected chi connectivity index (χ4v) is 2.53. The summed E-state index contributed by atoms with van der Waals surface area (Å²) in [6.45, 7) is 5.81. The summed E-state index contributed by atoms with van der Waals surface area (Å²) in [6.07, 6.45) is 1.63. The lowest BCUT2D eigenvalue weighted by Gasteiger charge is -2.17. The van der Waals surface area contributed by atoms with E-state index in [0.29, 0.717) is 40.8 Å². The van der Waals surface area contributed by atoms with Gasteiger partial charge in [0.05, 0.1) is 20.8 Å². The molecule has 0 aliphatic carbocycles. The summed E-state index contributed by atoms with van der Waals surface area (Å²) in [4.78, 5) is 25.9. The number of amides is 1. The zero-order valence-corrected chi connectivity index (χ0v) is 15.9. The molecule has 0 unspecified atom stereocenters. The first-order valence-electron chi connectivity index (χ1n) is 8.26. The maximum absolute atomic E-state index is 12.7. The highest BCUT2D eigenvalue weighted by atomic mass is 16.5. The molecule has 1 aromatic carbocycles. The molecule has 7 nitrogen and oxygen atoms in total. The third-order valence-corrected chi connectivity index (χ3v) is 3.88. The number of ether oxygens (including phenoxy) is 3. The van der Waals surface area contributed by atoms with Crippen molar-refractivity contribution in [1.82, 2.24) is 4.90 Å². The van der Waals surface area contributed by atoms with Crippen molar-refractivity contribution >= 4 is 11.9 Å². The third-order valence-electron chi connectivity index (χ3n) is 3.88. The minimum atomic E-state index is -0.476. The number of carbonyl (C=O) groups is 2. The van der Waals surface area contributed by atoms with Crippen molar-refractivity contribution in [3.8, 4) is 11.5 Å². The molecular weight excluding hydrogens is 350 g/mol. The standard InChI is InChI=1S/C20H23NO6/c1-6-9-26-17-8-7-14(10-18(17)24-4)19(22)21(3)12-15-11-16(13(2)27-15)20(23)25-5/h6-8,10-11H,1,9,12H2,2-5H3. The van der Waals surface area contributed by atoms with E-state index in [9.17, 15) is 9.59 Å². The van der Waals surface area contributed by atoms with Gasteiger partial charge >= 0.3 is 5.97 Å². The Bertz CT molecular complexity index is 839. The SMILES string of the molecule is C=CCOc1ccc(C(=O)N(C)Cc2cc(C(=O)OC)c(C)o2)cc1OC. The average Bonchev–Trinajstić information content (AvgIpc) is 3.04. The molecule has 27 heavy (non-hydrogen) atoms. The highest BCUT2D eigenvalue weighted by Gasteiger charge is 2.19. The zero-order valence-electron chi connectivity index (χ0n) is 15.9. The Morgan fingerprint density at radius 3 is 2.59 bits per heavy atom. The van der Waals surface area contributed by atoms with Crippen molar-refractivity contribution in [2.24, 2.45) is 0 Å². The van der Waals surface area contributed by atoms with Gasteiger partial charge in [-0.2, -0.15) is 0 Å². The van der Waals surface area contributed by atoms with Crippen LogP contribution >= 0.6 is 0 Å². The number of furan rings is 1. The van der Waals surface area contributed by atoms with Crippen molar-refractivity contribution in [2.75, 3.05) is 27.9 Å². The predicted octanol–water partition coefficient (Wildman–Crippen LogP) is 3.22. The van der Waals surface area contributed by atoms with Gasteiger partial charge in [0.2, 0.25) is 0 Å². The van der Waals surface area contributed by atoms with Crippen LogP contribution < -0.4 is 9.47 Å². The molecule has 0 N–H and O–H groups in total. The van der Waals surface area contributed by atoms with E-state index in [2.05, 4.69) is 6.58 Å². The molecule has 0 atom stereocenters. The monoisotopic (exact) mass is 373 g/mol. The highest BCUT2D eigenvalue weighted by Crippen LogP contribution is 2.28. The van der Waals surface area contributed by atoms with Crippen LogP contribution in [0.15, 0.2) is 41.3 Å². The van der Waals surface area contributed by atoms with Crippen molar-refractivity contribution in [3.63, 3.8) is 0 Å². The van der Waals surface area contributed by atoms with Crippen LogP contribution in [0.2, 0.25) is 0 Å². The second-order valence-electron chi connectivity index (χ2n) is 5.80. The first-order chi connectivity index (χ1) is 12.9. The Morgan fingerprint density at radius 2 is 1.96 bits per heavy atom. The number of hydrogen-bond donors (Lipinski definition) is 0. The van der Waals surface area contributed by atoms with Gasteiger partial charge in [-0.1, -0.05) is 12.7 Å². The lowest BCUT2D eigenvalue weighted by Crippen LogP contribution is -2.26. The largest absolute Gasteiger partial charge is 0.493 e. The molecule has 0 saturated carbocycles. The lowest BCUT2D eigenvalue weighted by molar-refractivity contribution is 0.0598. The summed E-state index contributed by atoms with van der Waals surface area (Å²) in [5, 5.41) is 0. The molecule has 0 spiro atoms. The predicted molar refractivity (Wildman–Crippen MR) is 99.3 cm³/mol. The van der Waals surface area contributed by atoms with Crippen molar-refractivity contribution in [1.29, 1.82) is 0 Å². The Labute approximate surface area is 158 Å². The van der Waals surface area contributed by atoms with E-state index < -0.39 is 5.97 Å². The van der Waals surface area contributed by atoms with Gasteiger partial charge in [0.25, 0.3) is 5.91 Å². The summed E-state index contributed by atoms with van der Waals surface area (Å²) in [5.41, 5.74) is 0.788. The summed E-state index contributed by atoms with van der Waals surface area (Å²) < 4.78 is 21.0. The normalized spacial score (nSPS) is 10.2. The number of carbonyl (C=O) groups excluding carboxylic acids is 2. The van der Waals surface area contributed by atoms with Crippen molar-refractivity contribution in [3.05, 3.63) is 59.6 Å². The second kappa shape index (κ2) is 8.93. The van der Waals surface area contributed by atoms with Crippen LogP contribution in [0, 0.1) is 6.92 Å². The maximum Gasteiger partial charge on any atom is 0.341 e. The number of esters is 1. The fourth-order valence-electron chi connectivity index (χ4n) is 2.53. The van der Waals surface area contributed by atoms with E-state index in [1.54, 1.807) is 44.3 Å². The van der Waals surface area contributed by atoms with Gasteiger partial charge in [-0.3, -0.25) is 4.79 Å². The Kier molecular flexibility index (Phi) is 6.65. The summed E-state index contributed by atoms with van der Waals surface area (Å²) in [7, 11) is 4.46. The van der Waals surface area contributed by atoms with E-state index in [1.807, 2.05) is 0 Å². The molecule has 0 radical (unpaired) electrons. The Morgan fingerprint density at radius 1 is 1.22 bits per heavy atom. The molecule has 1 heterocycles. The van der Waals surface area contributed by atoms with Crippen LogP contribution in [0.4, 0.5) is 0 Å². The smallest absolute Gasteiger partial charge is 0.341 e. The number of aryl methyl sites for hydroxylation is 1. The molecule has 2 aromatic rings. The number of nitrogens with zero attached hydrogens (tertiary/aromatic N) is 1. The van der Waals surface area contributed by atoms with Crippen LogP contribution in [0.1, 0.15) is 32.2 Å². The van der Waals surface area contributed by atoms with Gasteiger partial charge in [-0.25, -0.2) is 4.79 Å². The van der Waals surface area contributed by atoms with Crippen LogP contribution in [-0.2, 0) is 11.3 Å². The van der Waals surface area contributed by atoms with Crippen LogP contribution in [-0.4, -0.2) is 44.7 Å². The van der Waals surface area contributed by atoms with E-state index >= 15 is 0 Å². The van der Waals surface area contributed by atoms with E-state index in [1.165, 1.54) is 19.1 Å². The van der Waals surface area contributed by atoms with Crippen LogP contribution in [0.3, 0.4) is 0 Å². The van der Waals surface area contributed by atoms with Crippen LogP contribution in [0.5, 0.6) is 11.5 Å². The number of methoxy groups -OCH3 is 2. The summed E-state index contributed by atoms with van der Waals surface area (Å²) >= 11 is 0. The molecule has 0 bridgehead atoms. The molecule has 144 valence electrons. The van der Waals surface area contributed by atoms with Gasteiger partial charge in [-0.05, 0) is 31.2 Å². The maximum atomic E-state index is 12.7. The first kappa shape index (κ1) is 20.1. The first-order valence-corrected chi connectivity index (χ1v) is 8.26. The highest BCUT2D eigenvalue weighted by molar-refractivity contribution is 5.95. The zero-order chi connectivity index (χ0) is 20.0. The summed E-state index contributed by atoms with van der Waals surface area (Å²) in [5.74, 6) is 1.22. The molecule has 0 aliphatic rings. The lowest BCUT2D eigenvalue weighted by atomic mass is 10.1. The molecule has 2 rings (SSSR count). The van der Waals surface area contributed by atoms with Crippen molar-refractivity contribution < 1.29 is 28.2 Å². The van der Waals surface area contributed by atoms with Gasteiger partial charge in [0.1, 0.15) is 23.7 Å². The fraction of sp³-hybridized carbons (Fsp3) is 0.300. The van der Waals surface area contributed by atoms with Gasteiger partial charge in [0, 0.05) is 12.6 Å². The molecule has 1 aromatic heterocycles. The average molecular weight is 373 g/mol. The third kappa shape index (κ3) is 4.69. The van der Waals surface area contributed by atoms with Crippen LogP contribution in [0.25, 0.3) is 0 Å². The molecular formula is C20H23NO6. The van der Waals surface area contributed by atoms with E-state index in [0.717, 1.165) is 0 Å². The number of rotatable bonds is 8. The van der Waals surface area contributed by atoms with E-state index in [-0.39, 0.29) is 12.5 Å². The Balaban J connectivity index is 2.15. The molecule has 0 fully saturated rings. The topological polar surface area (TPSA) is 78.2 Å². The molecule has 1 amide bonds.